The van der Waals surface area contributed by atoms with E-state index < -0.39 is 42.4 Å². The smallest absolute Gasteiger partial charge is 0.326 e. The van der Waals surface area contributed by atoms with Gasteiger partial charge in [0.2, 0.25) is 0 Å². The van der Waals surface area contributed by atoms with Crippen LogP contribution in [0.5, 0.6) is 5.75 Å². The number of halogens is 1. The standard InChI is InChI=1S/C19H14FNO6/c1-26-16-7-6-11(8-13(16)20)15(22)10-27-17(23)9-21-14-5-3-2-4-12(14)18(24)19(21)25/h2-8H,9-10H2,1H3. The zero-order valence-electron chi connectivity index (χ0n) is 14.2. The van der Waals surface area contributed by atoms with Crippen molar-refractivity contribution in [2.24, 2.45) is 0 Å². The van der Waals surface area contributed by atoms with Crippen LogP contribution in [0.1, 0.15) is 20.7 Å². The monoisotopic (exact) mass is 371 g/mol. The van der Waals surface area contributed by atoms with Gasteiger partial charge in [-0.05, 0) is 30.3 Å². The number of methoxy groups -OCH3 is 1. The highest BCUT2D eigenvalue weighted by atomic mass is 19.1. The van der Waals surface area contributed by atoms with Gasteiger partial charge in [-0.25, -0.2) is 4.39 Å². The third-order valence-corrected chi connectivity index (χ3v) is 4.00. The van der Waals surface area contributed by atoms with Crippen LogP contribution in [0.15, 0.2) is 42.5 Å². The van der Waals surface area contributed by atoms with E-state index in [0.717, 1.165) is 11.0 Å². The fraction of sp³-hybridized carbons (Fsp3) is 0.158. The molecule has 0 spiro atoms. The van der Waals surface area contributed by atoms with Crippen molar-refractivity contribution in [2.45, 2.75) is 0 Å². The highest BCUT2D eigenvalue weighted by Gasteiger charge is 2.36. The minimum Gasteiger partial charge on any atom is -0.494 e. The Bertz CT molecular complexity index is 955. The Morgan fingerprint density at radius 3 is 2.56 bits per heavy atom. The number of benzene rings is 2. The van der Waals surface area contributed by atoms with Crippen molar-refractivity contribution in [1.82, 2.24) is 0 Å². The van der Waals surface area contributed by atoms with Gasteiger partial charge < -0.3 is 9.47 Å². The van der Waals surface area contributed by atoms with E-state index in [9.17, 15) is 23.6 Å². The summed E-state index contributed by atoms with van der Waals surface area (Å²) in [5.74, 6) is -3.75. The Balaban J connectivity index is 1.62. The number of anilines is 1. The lowest BCUT2D eigenvalue weighted by atomic mass is 10.1. The number of hydrogen-bond acceptors (Lipinski definition) is 6. The van der Waals surface area contributed by atoms with Gasteiger partial charge >= 0.3 is 5.97 Å². The third-order valence-electron chi connectivity index (χ3n) is 4.00. The Morgan fingerprint density at radius 2 is 1.85 bits per heavy atom. The molecule has 0 unspecified atom stereocenters. The van der Waals surface area contributed by atoms with Crippen LogP contribution in [0.3, 0.4) is 0 Å². The fourth-order valence-corrected chi connectivity index (χ4v) is 2.65. The van der Waals surface area contributed by atoms with E-state index in [1.54, 1.807) is 12.1 Å². The van der Waals surface area contributed by atoms with Gasteiger partial charge in [0.1, 0.15) is 6.54 Å². The lowest BCUT2D eigenvalue weighted by molar-refractivity contribution is -0.141. The van der Waals surface area contributed by atoms with Crippen LogP contribution >= 0.6 is 0 Å². The number of nitrogens with zero attached hydrogens (tertiary/aromatic N) is 1. The number of hydrogen-bond donors (Lipinski definition) is 0. The van der Waals surface area contributed by atoms with E-state index in [1.165, 1.54) is 31.4 Å². The molecular formula is C19H14FNO6. The van der Waals surface area contributed by atoms with Crippen LogP contribution in [-0.4, -0.2) is 43.7 Å². The van der Waals surface area contributed by atoms with Gasteiger partial charge in [-0.3, -0.25) is 24.1 Å². The quantitative estimate of drug-likeness (QED) is 0.437. The molecule has 27 heavy (non-hydrogen) atoms. The molecule has 8 heteroatoms. The zero-order chi connectivity index (χ0) is 19.6. The molecule has 0 atom stereocenters. The average Bonchev–Trinajstić information content (AvgIpc) is 2.91. The van der Waals surface area contributed by atoms with Gasteiger partial charge in [0.25, 0.3) is 11.7 Å². The van der Waals surface area contributed by atoms with Crippen molar-refractivity contribution in [2.75, 3.05) is 25.2 Å². The fourth-order valence-electron chi connectivity index (χ4n) is 2.65. The summed E-state index contributed by atoms with van der Waals surface area (Å²) in [4.78, 5) is 48.9. The Labute approximate surface area is 153 Å². The first kappa shape index (κ1) is 18.2. The number of amides is 1. The van der Waals surface area contributed by atoms with Crippen LogP contribution < -0.4 is 9.64 Å². The van der Waals surface area contributed by atoms with Crippen molar-refractivity contribution in [3.63, 3.8) is 0 Å². The number of Topliss-reactive ketones (excluding diaryl/α,β-unsaturated/α-hetero) is 2. The molecular weight excluding hydrogens is 357 g/mol. The summed E-state index contributed by atoms with van der Waals surface area (Å²) in [6, 6.07) is 9.88. The maximum atomic E-state index is 13.6. The Hall–Kier alpha value is -3.55. The Morgan fingerprint density at radius 1 is 1.11 bits per heavy atom. The van der Waals surface area contributed by atoms with Crippen molar-refractivity contribution in [1.29, 1.82) is 0 Å². The molecule has 0 N–H and O–H groups in total. The maximum Gasteiger partial charge on any atom is 0.326 e. The molecule has 138 valence electrons. The second-order valence-corrected chi connectivity index (χ2v) is 5.67. The van der Waals surface area contributed by atoms with E-state index in [-0.39, 0.29) is 16.9 Å². The number of fused-ring (bicyclic) bond motifs is 1. The van der Waals surface area contributed by atoms with Gasteiger partial charge in [-0.15, -0.1) is 0 Å². The first-order valence-corrected chi connectivity index (χ1v) is 7.90. The summed E-state index contributed by atoms with van der Waals surface area (Å²) < 4.78 is 23.3. The van der Waals surface area contributed by atoms with E-state index in [2.05, 4.69) is 0 Å². The van der Waals surface area contributed by atoms with Crippen LogP contribution in [0.4, 0.5) is 10.1 Å². The second-order valence-electron chi connectivity index (χ2n) is 5.67. The average molecular weight is 371 g/mol. The third kappa shape index (κ3) is 3.55. The predicted molar refractivity (Wildman–Crippen MR) is 91.4 cm³/mol. The lowest BCUT2D eigenvalue weighted by Gasteiger charge is -2.15. The normalized spacial score (nSPS) is 12.7. The van der Waals surface area contributed by atoms with Crippen LogP contribution in [0.25, 0.3) is 0 Å². The highest BCUT2D eigenvalue weighted by Crippen LogP contribution is 2.28. The van der Waals surface area contributed by atoms with E-state index in [0.29, 0.717) is 5.69 Å². The minimum absolute atomic E-state index is 0.0128. The van der Waals surface area contributed by atoms with Crippen molar-refractivity contribution >= 4 is 29.1 Å². The number of ketones is 2. The van der Waals surface area contributed by atoms with E-state index in [4.69, 9.17) is 9.47 Å². The number of para-hydroxylation sites is 1. The van der Waals surface area contributed by atoms with Crippen LogP contribution in [-0.2, 0) is 14.3 Å². The number of carbonyl (C=O) groups is 4. The van der Waals surface area contributed by atoms with Gasteiger partial charge in [-0.1, -0.05) is 12.1 Å². The van der Waals surface area contributed by atoms with Gasteiger partial charge in [-0.2, -0.15) is 0 Å². The van der Waals surface area contributed by atoms with E-state index in [1.807, 2.05) is 0 Å². The summed E-state index contributed by atoms with van der Waals surface area (Å²) >= 11 is 0. The molecule has 1 heterocycles. The molecule has 0 saturated heterocycles. The van der Waals surface area contributed by atoms with Gasteiger partial charge in [0.15, 0.2) is 24.0 Å². The minimum atomic E-state index is -0.866. The molecule has 0 radical (unpaired) electrons. The highest BCUT2D eigenvalue weighted by molar-refractivity contribution is 6.52. The van der Waals surface area contributed by atoms with Crippen LogP contribution in [0.2, 0.25) is 0 Å². The van der Waals surface area contributed by atoms with Gasteiger partial charge in [0.05, 0.1) is 18.4 Å². The number of esters is 1. The summed E-state index contributed by atoms with van der Waals surface area (Å²) in [6.07, 6.45) is 0. The zero-order valence-corrected chi connectivity index (χ0v) is 14.2. The summed E-state index contributed by atoms with van der Waals surface area (Å²) in [6.45, 7) is -1.13. The number of carbonyl (C=O) groups excluding carboxylic acids is 4. The summed E-state index contributed by atoms with van der Waals surface area (Å²) in [7, 11) is 1.30. The van der Waals surface area contributed by atoms with Crippen LogP contribution in [0, 0.1) is 5.82 Å². The Kier molecular flexibility index (Phi) is 4.98. The SMILES string of the molecule is COc1ccc(C(=O)COC(=O)CN2C(=O)C(=O)c3ccccc32)cc1F. The number of rotatable bonds is 6. The molecule has 1 amide bonds. The molecule has 0 bridgehead atoms. The summed E-state index contributed by atoms with van der Waals surface area (Å²) in [5, 5.41) is 0. The molecule has 0 fully saturated rings. The van der Waals surface area contributed by atoms with Crippen molar-refractivity contribution in [3.05, 3.63) is 59.4 Å². The molecule has 1 aliphatic rings. The lowest BCUT2D eigenvalue weighted by Crippen LogP contribution is -2.36. The second kappa shape index (κ2) is 7.36. The van der Waals surface area contributed by atoms with Crippen molar-refractivity contribution < 1.29 is 33.0 Å². The molecule has 7 nitrogen and oxygen atoms in total. The molecule has 1 aliphatic heterocycles. The first-order valence-electron chi connectivity index (χ1n) is 7.90. The summed E-state index contributed by atoms with van der Waals surface area (Å²) in [5.41, 5.74) is 0.534. The predicted octanol–water partition coefficient (Wildman–Crippen LogP) is 1.79. The molecule has 2 aromatic carbocycles. The molecule has 3 rings (SSSR count). The van der Waals surface area contributed by atoms with E-state index >= 15 is 0 Å². The molecule has 0 aliphatic carbocycles. The topological polar surface area (TPSA) is 90.0 Å². The van der Waals surface area contributed by atoms with Gasteiger partial charge in [0, 0.05) is 5.56 Å². The molecule has 0 aromatic heterocycles. The first-order chi connectivity index (χ1) is 12.9. The maximum absolute atomic E-state index is 13.6. The molecule has 0 saturated carbocycles. The largest absolute Gasteiger partial charge is 0.494 e. The number of ether oxygens (including phenoxy) is 2. The molecule has 2 aromatic rings. The van der Waals surface area contributed by atoms with Crippen molar-refractivity contribution in [3.8, 4) is 5.75 Å².